The van der Waals surface area contributed by atoms with Gasteiger partial charge in [0.05, 0.1) is 5.69 Å². The number of carboxylic acids is 1. The number of nitrogens with zero attached hydrogens (tertiary/aromatic N) is 2. The van der Waals surface area contributed by atoms with Gasteiger partial charge in [-0.05, 0) is 48.5 Å². The van der Waals surface area contributed by atoms with Crippen LogP contribution in [0.25, 0.3) is 11.3 Å². The minimum Gasteiger partial charge on any atom is -0.478 e. The van der Waals surface area contributed by atoms with E-state index in [1.54, 1.807) is 48.8 Å². The molecule has 2 aromatic heterocycles. The number of aromatic nitrogens is 2. The second kappa shape index (κ2) is 6.46. The maximum absolute atomic E-state index is 11.4. The van der Waals surface area contributed by atoms with Crippen molar-refractivity contribution in [1.29, 1.82) is 0 Å². The fourth-order valence-electron chi connectivity index (χ4n) is 2.07. The molecule has 3 aromatic rings. The molecule has 6 heteroatoms. The van der Waals surface area contributed by atoms with Crippen LogP contribution in [0.5, 0.6) is 0 Å². The van der Waals surface area contributed by atoms with Crippen molar-refractivity contribution >= 4 is 29.1 Å². The fraction of sp³-hybridized carbons (Fsp3) is 0. The Hall–Kier alpha value is -2.92. The number of anilines is 2. The van der Waals surface area contributed by atoms with Crippen molar-refractivity contribution in [3.8, 4) is 11.3 Å². The summed E-state index contributed by atoms with van der Waals surface area (Å²) >= 11 is 5.86. The maximum atomic E-state index is 11.4. The number of aromatic carboxylic acids is 1. The van der Waals surface area contributed by atoms with E-state index in [1.165, 1.54) is 6.07 Å². The number of pyridine rings is 2. The molecular weight excluding hydrogens is 314 g/mol. The largest absolute Gasteiger partial charge is 0.478 e. The highest BCUT2D eigenvalue weighted by molar-refractivity contribution is 6.30. The van der Waals surface area contributed by atoms with Crippen LogP contribution in [0.4, 0.5) is 11.5 Å². The molecule has 1 aromatic carbocycles. The molecule has 0 saturated carbocycles. The van der Waals surface area contributed by atoms with Gasteiger partial charge in [-0.3, -0.25) is 4.98 Å². The van der Waals surface area contributed by atoms with Crippen LogP contribution < -0.4 is 5.32 Å². The summed E-state index contributed by atoms with van der Waals surface area (Å²) in [7, 11) is 0. The molecular formula is C17H12ClN3O2. The summed E-state index contributed by atoms with van der Waals surface area (Å²) < 4.78 is 0. The predicted molar refractivity (Wildman–Crippen MR) is 89.2 cm³/mol. The van der Waals surface area contributed by atoms with E-state index in [0.717, 1.165) is 5.56 Å². The number of carboxylic acid groups (broad SMARTS) is 1. The highest BCUT2D eigenvalue weighted by Crippen LogP contribution is 2.24. The van der Waals surface area contributed by atoms with Gasteiger partial charge < -0.3 is 10.4 Å². The Balaban J connectivity index is 2.01. The number of halogens is 1. The van der Waals surface area contributed by atoms with E-state index < -0.39 is 5.97 Å². The average Bonchev–Trinajstić information content (AvgIpc) is 2.57. The van der Waals surface area contributed by atoms with E-state index >= 15 is 0 Å². The van der Waals surface area contributed by atoms with Crippen molar-refractivity contribution in [2.45, 2.75) is 0 Å². The highest BCUT2D eigenvalue weighted by Gasteiger charge is 2.13. The minimum absolute atomic E-state index is 0.0904. The molecule has 0 unspecified atom stereocenters. The first kappa shape index (κ1) is 15.0. The summed E-state index contributed by atoms with van der Waals surface area (Å²) in [6.45, 7) is 0. The van der Waals surface area contributed by atoms with Gasteiger partial charge in [0.1, 0.15) is 11.4 Å². The second-order valence-corrected chi connectivity index (χ2v) is 5.21. The smallest absolute Gasteiger partial charge is 0.339 e. The first-order valence-electron chi connectivity index (χ1n) is 6.81. The second-order valence-electron chi connectivity index (χ2n) is 4.77. The van der Waals surface area contributed by atoms with Crippen molar-refractivity contribution in [1.82, 2.24) is 9.97 Å². The molecule has 0 saturated heterocycles. The molecule has 0 amide bonds. The van der Waals surface area contributed by atoms with E-state index in [-0.39, 0.29) is 11.4 Å². The van der Waals surface area contributed by atoms with Gasteiger partial charge in [-0.15, -0.1) is 0 Å². The predicted octanol–water partition coefficient (Wildman–Crippen LogP) is 4.24. The van der Waals surface area contributed by atoms with Gasteiger partial charge in [0.25, 0.3) is 0 Å². The Bertz CT molecular complexity index is 836. The van der Waals surface area contributed by atoms with Gasteiger partial charge in [0.15, 0.2) is 0 Å². The number of nitrogens with one attached hydrogen (secondary N) is 1. The zero-order chi connectivity index (χ0) is 16.2. The normalized spacial score (nSPS) is 10.3. The van der Waals surface area contributed by atoms with E-state index in [0.29, 0.717) is 16.4 Å². The zero-order valence-corrected chi connectivity index (χ0v) is 12.7. The molecule has 0 spiro atoms. The van der Waals surface area contributed by atoms with Crippen molar-refractivity contribution in [3.05, 3.63) is 71.5 Å². The zero-order valence-electron chi connectivity index (χ0n) is 11.9. The van der Waals surface area contributed by atoms with Crippen molar-refractivity contribution in [2.24, 2.45) is 0 Å². The lowest BCUT2D eigenvalue weighted by molar-refractivity contribution is 0.0697. The Labute approximate surface area is 137 Å². The topological polar surface area (TPSA) is 75.1 Å². The molecule has 0 bridgehead atoms. The number of hydrogen-bond acceptors (Lipinski definition) is 4. The van der Waals surface area contributed by atoms with Gasteiger partial charge in [-0.1, -0.05) is 11.6 Å². The third-order valence-corrected chi connectivity index (χ3v) is 3.44. The number of benzene rings is 1. The minimum atomic E-state index is -1.05. The summed E-state index contributed by atoms with van der Waals surface area (Å²) in [6, 6.07) is 13.8. The molecule has 0 aliphatic carbocycles. The molecule has 5 nitrogen and oxygen atoms in total. The van der Waals surface area contributed by atoms with Gasteiger partial charge in [-0.2, -0.15) is 0 Å². The Morgan fingerprint density at radius 3 is 2.52 bits per heavy atom. The average molecular weight is 326 g/mol. The summed E-state index contributed by atoms with van der Waals surface area (Å²) in [5.41, 5.74) is 2.24. The Morgan fingerprint density at radius 2 is 1.87 bits per heavy atom. The third kappa shape index (κ3) is 3.46. The molecule has 114 valence electrons. The third-order valence-electron chi connectivity index (χ3n) is 3.19. The lowest BCUT2D eigenvalue weighted by Gasteiger charge is -2.11. The molecule has 0 radical (unpaired) electrons. The van der Waals surface area contributed by atoms with Crippen LogP contribution in [0.3, 0.4) is 0 Å². The highest BCUT2D eigenvalue weighted by atomic mass is 35.5. The maximum Gasteiger partial charge on any atom is 0.339 e. The van der Waals surface area contributed by atoms with Crippen molar-refractivity contribution in [2.75, 3.05) is 5.32 Å². The van der Waals surface area contributed by atoms with Crippen LogP contribution in [-0.2, 0) is 0 Å². The summed E-state index contributed by atoms with van der Waals surface area (Å²) in [4.78, 5) is 19.9. The SMILES string of the molecule is O=C(O)c1ccc(-c2cccnc2)nc1Nc1ccc(Cl)cc1. The lowest BCUT2D eigenvalue weighted by Crippen LogP contribution is -2.05. The van der Waals surface area contributed by atoms with Gasteiger partial charge in [0, 0.05) is 28.7 Å². The molecule has 2 N–H and O–H groups in total. The van der Waals surface area contributed by atoms with E-state index in [1.807, 2.05) is 6.07 Å². The van der Waals surface area contributed by atoms with Crippen LogP contribution in [0, 0.1) is 0 Å². The number of hydrogen-bond donors (Lipinski definition) is 2. The number of carbonyl (C=O) groups is 1. The molecule has 2 heterocycles. The van der Waals surface area contributed by atoms with Gasteiger partial charge >= 0.3 is 5.97 Å². The summed E-state index contributed by atoms with van der Waals surface area (Å²) in [6.07, 6.45) is 3.34. The number of rotatable bonds is 4. The van der Waals surface area contributed by atoms with Gasteiger partial charge in [0.2, 0.25) is 0 Å². The molecule has 0 fully saturated rings. The first-order chi connectivity index (χ1) is 11.1. The molecule has 23 heavy (non-hydrogen) atoms. The van der Waals surface area contributed by atoms with Gasteiger partial charge in [-0.25, -0.2) is 9.78 Å². The van der Waals surface area contributed by atoms with Crippen LogP contribution in [0.15, 0.2) is 60.9 Å². The summed E-state index contributed by atoms with van der Waals surface area (Å²) in [5.74, 6) is -0.784. The fourth-order valence-corrected chi connectivity index (χ4v) is 2.20. The quantitative estimate of drug-likeness (QED) is 0.750. The van der Waals surface area contributed by atoms with Crippen LogP contribution in [0.1, 0.15) is 10.4 Å². The Morgan fingerprint density at radius 1 is 1.09 bits per heavy atom. The standard InChI is InChI=1S/C17H12ClN3O2/c18-12-3-5-13(6-4-12)20-16-14(17(22)23)7-8-15(21-16)11-2-1-9-19-10-11/h1-10H,(H,20,21)(H,22,23). The first-order valence-corrected chi connectivity index (χ1v) is 7.18. The van der Waals surface area contributed by atoms with E-state index in [2.05, 4.69) is 15.3 Å². The summed E-state index contributed by atoms with van der Waals surface area (Å²) in [5, 5.41) is 13.0. The van der Waals surface area contributed by atoms with Crippen molar-refractivity contribution in [3.63, 3.8) is 0 Å². The monoisotopic (exact) mass is 325 g/mol. The van der Waals surface area contributed by atoms with Crippen LogP contribution in [-0.4, -0.2) is 21.0 Å². The molecule has 0 aliphatic heterocycles. The van der Waals surface area contributed by atoms with Crippen LogP contribution >= 0.6 is 11.6 Å². The van der Waals surface area contributed by atoms with E-state index in [9.17, 15) is 9.90 Å². The lowest BCUT2D eigenvalue weighted by atomic mass is 10.1. The van der Waals surface area contributed by atoms with Crippen LogP contribution in [0.2, 0.25) is 5.02 Å². The molecule has 0 aliphatic rings. The molecule has 0 atom stereocenters. The van der Waals surface area contributed by atoms with E-state index in [4.69, 9.17) is 11.6 Å². The molecule has 3 rings (SSSR count). The van der Waals surface area contributed by atoms with Crippen molar-refractivity contribution < 1.29 is 9.90 Å². The Kier molecular flexibility index (Phi) is 4.21.